The molecular weight excluding hydrogens is 196 g/mol. The monoisotopic (exact) mass is 212 g/mol. The molecule has 0 fully saturated rings. The molecule has 7 heteroatoms. The summed E-state index contributed by atoms with van der Waals surface area (Å²) in [5.41, 5.74) is 0. The summed E-state index contributed by atoms with van der Waals surface area (Å²) in [6, 6.07) is 0. The van der Waals surface area contributed by atoms with Gasteiger partial charge in [0.2, 0.25) is 0 Å². The highest BCUT2D eigenvalue weighted by Crippen LogP contribution is 2.08. The maximum absolute atomic E-state index is 9.18. The molecule has 0 saturated heterocycles. The van der Waals surface area contributed by atoms with Crippen molar-refractivity contribution in [3.63, 3.8) is 0 Å². The van der Waals surface area contributed by atoms with Gasteiger partial charge in [-0.3, -0.25) is 0 Å². The third-order valence-corrected chi connectivity index (χ3v) is 1.81. The highest BCUT2D eigenvalue weighted by atomic mass is 16.6. The van der Waals surface area contributed by atoms with Gasteiger partial charge in [-0.1, -0.05) is 0 Å². The molecule has 0 amide bonds. The summed E-state index contributed by atoms with van der Waals surface area (Å²) in [7, 11) is 1.09. The second-order valence-electron chi connectivity index (χ2n) is 2.85. The molecule has 6 N–H and O–H groups in total. The fraction of sp³-hybridized carbons (Fsp3) is 1.00. The maximum Gasteiger partial charge on any atom is 0.183 e. The van der Waals surface area contributed by atoms with E-state index in [4.69, 9.17) is 25.5 Å². The van der Waals surface area contributed by atoms with E-state index in [1.54, 1.807) is 0 Å². The molecule has 0 spiro atoms. The van der Waals surface area contributed by atoms with Gasteiger partial charge in [-0.2, -0.15) is 0 Å². The normalized spacial score (nSPS) is 22.5. The molecule has 7 nitrogen and oxygen atoms in total. The highest BCUT2D eigenvalue weighted by Gasteiger charge is 2.33. The molecule has 0 aromatic rings. The lowest BCUT2D eigenvalue weighted by molar-refractivity contribution is -0.201. The van der Waals surface area contributed by atoms with Gasteiger partial charge < -0.3 is 35.4 Å². The van der Waals surface area contributed by atoms with Crippen LogP contribution in [0.3, 0.4) is 0 Å². The van der Waals surface area contributed by atoms with Crippen LogP contribution in [0.4, 0.5) is 0 Å². The second-order valence-corrected chi connectivity index (χ2v) is 2.85. The fourth-order valence-corrected chi connectivity index (χ4v) is 0.846. The van der Waals surface area contributed by atoms with Gasteiger partial charge in [-0.25, -0.2) is 0 Å². The van der Waals surface area contributed by atoms with E-state index in [-0.39, 0.29) is 0 Å². The SMILES string of the molecule is COC(O)[C@@H](O)[C@@H](O)[C@H](O)[C@H](O)CO. The van der Waals surface area contributed by atoms with Crippen LogP contribution >= 0.6 is 0 Å². The number of ether oxygens (including phenoxy) is 1. The van der Waals surface area contributed by atoms with Crippen molar-refractivity contribution in [3.05, 3.63) is 0 Å². The molecular formula is C7H16O7. The summed E-state index contributed by atoms with van der Waals surface area (Å²) in [5.74, 6) is 0. The van der Waals surface area contributed by atoms with Crippen LogP contribution in [0, 0.1) is 0 Å². The largest absolute Gasteiger partial charge is 0.394 e. The minimum absolute atomic E-state index is 0.770. The lowest BCUT2D eigenvalue weighted by Crippen LogP contribution is -2.50. The standard InChI is InChI=1S/C7H16O7/c1-14-7(13)6(12)5(11)4(10)3(9)2-8/h3-13H,2H2,1H3/t3-,4-,5+,6+,7?/m1/s1. The first-order chi connectivity index (χ1) is 6.45. The van der Waals surface area contributed by atoms with Crippen molar-refractivity contribution in [2.24, 2.45) is 0 Å². The third-order valence-electron chi connectivity index (χ3n) is 1.81. The summed E-state index contributed by atoms with van der Waals surface area (Å²) in [4.78, 5) is 0. The first-order valence-electron chi connectivity index (χ1n) is 3.99. The summed E-state index contributed by atoms with van der Waals surface area (Å²) in [6.45, 7) is -0.770. The lowest BCUT2D eigenvalue weighted by atomic mass is 10.0. The zero-order valence-corrected chi connectivity index (χ0v) is 7.69. The van der Waals surface area contributed by atoms with Crippen LogP contribution in [0.25, 0.3) is 0 Å². The second kappa shape index (κ2) is 6.25. The Bertz CT molecular complexity index is 137. The number of methoxy groups -OCH3 is 1. The topological polar surface area (TPSA) is 131 Å². The number of rotatable bonds is 6. The van der Waals surface area contributed by atoms with Crippen LogP contribution < -0.4 is 0 Å². The average molecular weight is 212 g/mol. The van der Waals surface area contributed by atoms with Crippen molar-refractivity contribution in [1.29, 1.82) is 0 Å². The van der Waals surface area contributed by atoms with Gasteiger partial charge in [0.15, 0.2) is 6.29 Å². The Hall–Kier alpha value is -0.280. The Kier molecular flexibility index (Phi) is 6.12. The van der Waals surface area contributed by atoms with Gasteiger partial charge in [0.25, 0.3) is 0 Å². The molecule has 0 aromatic heterocycles. The molecule has 0 saturated carbocycles. The van der Waals surface area contributed by atoms with Crippen LogP contribution in [0.1, 0.15) is 0 Å². The predicted molar refractivity (Wildman–Crippen MR) is 44.1 cm³/mol. The van der Waals surface area contributed by atoms with E-state index in [0.29, 0.717) is 0 Å². The third kappa shape index (κ3) is 3.46. The molecule has 0 heterocycles. The molecule has 14 heavy (non-hydrogen) atoms. The first kappa shape index (κ1) is 13.7. The maximum atomic E-state index is 9.18. The van der Waals surface area contributed by atoms with E-state index in [1.807, 2.05) is 0 Å². The van der Waals surface area contributed by atoms with Crippen LogP contribution in [-0.2, 0) is 4.74 Å². The van der Waals surface area contributed by atoms with Gasteiger partial charge in [-0.05, 0) is 0 Å². The number of aliphatic hydroxyl groups is 6. The van der Waals surface area contributed by atoms with Crippen molar-refractivity contribution in [2.45, 2.75) is 30.7 Å². The molecule has 1 unspecified atom stereocenters. The summed E-state index contributed by atoms with van der Waals surface area (Å²) >= 11 is 0. The van der Waals surface area contributed by atoms with Crippen molar-refractivity contribution in [2.75, 3.05) is 13.7 Å². The molecule has 0 bridgehead atoms. The number of hydrogen-bond acceptors (Lipinski definition) is 7. The average Bonchev–Trinajstić information content (AvgIpc) is 2.23. The Morgan fingerprint density at radius 3 is 1.79 bits per heavy atom. The van der Waals surface area contributed by atoms with Crippen LogP contribution in [0.5, 0.6) is 0 Å². The van der Waals surface area contributed by atoms with Gasteiger partial charge >= 0.3 is 0 Å². The van der Waals surface area contributed by atoms with Crippen molar-refractivity contribution < 1.29 is 35.4 Å². The minimum Gasteiger partial charge on any atom is -0.394 e. The molecule has 5 atom stereocenters. The van der Waals surface area contributed by atoms with Gasteiger partial charge in [-0.15, -0.1) is 0 Å². The van der Waals surface area contributed by atoms with E-state index >= 15 is 0 Å². The van der Waals surface area contributed by atoms with Crippen LogP contribution in [0.15, 0.2) is 0 Å². The number of aliphatic hydroxyl groups excluding tert-OH is 6. The van der Waals surface area contributed by atoms with Crippen LogP contribution in [-0.4, -0.2) is 75.1 Å². The zero-order chi connectivity index (χ0) is 11.3. The molecule has 0 aliphatic carbocycles. The Labute approximate surface area is 80.8 Å². The molecule has 0 aliphatic heterocycles. The van der Waals surface area contributed by atoms with Gasteiger partial charge in [0.1, 0.15) is 24.4 Å². The van der Waals surface area contributed by atoms with Crippen LogP contribution in [0.2, 0.25) is 0 Å². The van der Waals surface area contributed by atoms with Gasteiger partial charge in [0, 0.05) is 7.11 Å². The van der Waals surface area contributed by atoms with E-state index in [1.165, 1.54) is 0 Å². The molecule has 86 valence electrons. The molecule has 0 radical (unpaired) electrons. The lowest BCUT2D eigenvalue weighted by Gasteiger charge is -2.27. The molecule has 0 aromatic carbocycles. The van der Waals surface area contributed by atoms with E-state index in [2.05, 4.69) is 4.74 Å². The van der Waals surface area contributed by atoms with E-state index < -0.39 is 37.3 Å². The van der Waals surface area contributed by atoms with Gasteiger partial charge in [0.05, 0.1) is 6.61 Å². The van der Waals surface area contributed by atoms with Crippen molar-refractivity contribution in [3.8, 4) is 0 Å². The smallest absolute Gasteiger partial charge is 0.183 e. The van der Waals surface area contributed by atoms with E-state index in [0.717, 1.165) is 7.11 Å². The van der Waals surface area contributed by atoms with E-state index in [9.17, 15) is 5.11 Å². The zero-order valence-electron chi connectivity index (χ0n) is 7.69. The first-order valence-corrected chi connectivity index (χ1v) is 3.99. The molecule has 0 rings (SSSR count). The summed E-state index contributed by atoms with van der Waals surface area (Å²) in [6.07, 6.45) is -8.61. The Morgan fingerprint density at radius 1 is 0.929 bits per heavy atom. The predicted octanol–water partition coefficient (Wildman–Crippen LogP) is -3.61. The molecule has 0 aliphatic rings. The Morgan fingerprint density at radius 2 is 1.43 bits per heavy atom. The van der Waals surface area contributed by atoms with Crippen molar-refractivity contribution in [1.82, 2.24) is 0 Å². The minimum atomic E-state index is -1.81. The summed E-state index contributed by atoms with van der Waals surface area (Å²) in [5, 5.41) is 53.7. The summed E-state index contributed by atoms with van der Waals surface area (Å²) < 4.78 is 4.29. The number of hydrogen-bond donors (Lipinski definition) is 6. The Balaban J connectivity index is 4.22. The van der Waals surface area contributed by atoms with Crippen molar-refractivity contribution >= 4 is 0 Å². The quantitative estimate of drug-likeness (QED) is 0.251. The highest BCUT2D eigenvalue weighted by molar-refractivity contribution is 4.81. The fourth-order valence-electron chi connectivity index (χ4n) is 0.846.